The molecule has 0 heterocycles. The third-order valence-corrected chi connectivity index (χ3v) is 4.20. The van der Waals surface area contributed by atoms with E-state index in [0.717, 1.165) is 0 Å². The Morgan fingerprint density at radius 1 is 1.23 bits per heavy atom. The zero-order valence-corrected chi connectivity index (χ0v) is 10.3. The molecule has 0 aliphatic carbocycles. The first kappa shape index (κ1) is 11.3. The quantitative estimate of drug-likeness (QED) is 0.531. The van der Waals surface area contributed by atoms with Gasteiger partial charge in [0, 0.05) is 3.57 Å². The fourth-order valence-electron chi connectivity index (χ4n) is 0.695. The fourth-order valence-corrected chi connectivity index (χ4v) is 1.56. The molecule has 72 valence electrons. The first-order valence-corrected chi connectivity index (χ1v) is 5.26. The molecule has 1 aromatic carbocycles. The van der Waals surface area contributed by atoms with Gasteiger partial charge in [-0.2, -0.15) is 8.78 Å². The number of ether oxygens (including phenoxy) is 1. The third-order valence-electron chi connectivity index (χ3n) is 1.22. The Bertz CT molecular complexity index is 317. The fraction of sp³-hybridized carbons (Fsp3) is 0.143. The molecular weight excluding hydrogens is 411 g/mol. The van der Waals surface area contributed by atoms with Gasteiger partial charge in [-0.1, -0.05) is 0 Å². The lowest BCUT2D eigenvalue weighted by Crippen LogP contribution is -2.04. The van der Waals surface area contributed by atoms with E-state index in [9.17, 15) is 13.2 Å². The van der Waals surface area contributed by atoms with Crippen LogP contribution in [0.25, 0.3) is 0 Å². The lowest BCUT2D eigenvalue weighted by molar-refractivity contribution is -0.0522. The summed E-state index contributed by atoms with van der Waals surface area (Å²) >= 11 is 3.64. The van der Waals surface area contributed by atoms with E-state index in [-0.39, 0.29) is 3.57 Å². The summed E-state index contributed by atoms with van der Waals surface area (Å²) in [6, 6.07) is 2.70. The zero-order chi connectivity index (χ0) is 10.0. The monoisotopic (exact) mass is 414 g/mol. The van der Waals surface area contributed by atoms with Crippen LogP contribution in [0.15, 0.2) is 12.1 Å². The minimum absolute atomic E-state index is 0.288. The SMILES string of the molecule is Fc1c(OC(F)F)ccc(I)c1I. The van der Waals surface area contributed by atoms with Crippen LogP contribution in [0.4, 0.5) is 13.2 Å². The van der Waals surface area contributed by atoms with E-state index in [1.165, 1.54) is 12.1 Å². The molecule has 0 fully saturated rings. The Morgan fingerprint density at radius 3 is 2.38 bits per heavy atom. The molecule has 1 aromatic rings. The molecule has 0 radical (unpaired) electrons. The van der Waals surface area contributed by atoms with Crippen LogP contribution in [0, 0.1) is 13.0 Å². The van der Waals surface area contributed by atoms with Gasteiger partial charge in [0.05, 0.1) is 3.57 Å². The maximum atomic E-state index is 13.2. The average Bonchev–Trinajstić information content (AvgIpc) is 2.06. The summed E-state index contributed by atoms with van der Waals surface area (Å²) in [7, 11) is 0. The van der Waals surface area contributed by atoms with Crippen molar-refractivity contribution in [2.75, 3.05) is 0 Å². The molecule has 0 aliphatic heterocycles. The Hall–Kier alpha value is 0.270. The van der Waals surface area contributed by atoms with E-state index in [2.05, 4.69) is 4.74 Å². The number of hydrogen-bond donors (Lipinski definition) is 0. The predicted octanol–water partition coefficient (Wildman–Crippen LogP) is 3.64. The van der Waals surface area contributed by atoms with Crippen LogP contribution in [0.2, 0.25) is 0 Å². The molecule has 0 saturated carbocycles. The highest BCUT2D eigenvalue weighted by Gasteiger charge is 2.13. The summed E-state index contributed by atoms with van der Waals surface area (Å²) in [6.45, 7) is -3.00. The van der Waals surface area contributed by atoms with Gasteiger partial charge in [-0.15, -0.1) is 0 Å². The molecule has 13 heavy (non-hydrogen) atoms. The molecule has 0 N–H and O–H groups in total. The first-order chi connectivity index (χ1) is 6.02. The van der Waals surface area contributed by atoms with E-state index >= 15 is 0 Å². The molecule has 1 rings (SSSR count). The van der Waals surface area contributed by atoms with Gasteiger partial charge in [-0.05, 0) is 57.3 Å². The lowest BCUT2D eigenvalue weighted by atomic mass is 10.3. The van der Waals surface area contributed by atoms with Crippen molar-refractivity contribution in [2.24, 2.45) is 0 Å². The molecule has 0 unspecified atom stereocenters. The van der Waals surface area contributed by atoms with Crippen molar-refractivity contribution >= 4 is 45.2 Å². The molecule has 0 atom stereocenters. The second-order valence-corrected chi connectivity index (χ2v) is 4.29. The van der Waals surface area contributed by atoms with Crippen LogP contribution in [0.1, 0.15) is 0 Å². The van der Waals surface area contributed by atoms with Crippen molar-refractivity contribution in [1.82, 2.24) is 0 Å². The number of benzene rings is 1. The van der Waals surface area contributed by atoms with Gasteiger partial charge < -0.3 is 4.74 Å². The minimum Gasteiger partial charge on any atom is -0.432 e. The molecule has 0 saturated heterocycles. The van der Waals surface area contributed by atoms with Gasteiger partial charge in [-0.25, -0.2) is 4.39 Å². The molecule has 0 spiro atoms. The summed E-state index contributed by atoms with van der Waals surface area (Å²) < 4.78 is 41.5. The van der Waals surface area contributed by atoms with E-state index in [1.807, 2.05) is 22.6 Å². The normalized spacial score (nSPS) is 10.6. The Balaban J connectivity index is 3.04. The maximum absolute atomic E-state index is 13.2. The van der Waals surface area contributed by atoms with Crippen LogP contribution >= 0.6 is 45.2 Å². The Morgan fingerprint density at radius 2 is 1.85 bits per heavy atom. The second kappa shape index (κ2) is 4.67. The van der Waals surface area contributed by atoms with Gasteiger partial charge in [0.25, 0.3) is 0 Å². The maximum Gasteiger partial charge on any atom is 0.387 e. The summed E-state index contributed by atoms with van der Waals surface area (Å²) in [6.07, 6.45) is 0. The second-order valence-electron chi connectivity index (χ2n) is 2.05. The molecule has 0 bridgehead atoms. The summed E-state index contributed by atoms with van der Waals surface area (Å²) in [4.78, 5) is 0. The van der Waals surface area contributed by atoms with E-state index in [4.69, 9.17) is 0 Å². The molecule has 0 amide bonds. The molecule has 6 heteroatoms. The molecular formula is C7H3F3I2O. The summed E-state index contributed by atoms with van der Waals surface area (Å²) in [5.41, 5.74) is 0. The predicted molar refractivity (Wildman–Crippen MR) is 58.5 cm³/mol. The van der Waals surface area contributed by atoms with E-state index in [1.54, 1.807) is 22.6 Å². The molecule has 0 aromatic heterocycles. The van der Waals surface area contributed by atoms with E-state index < -0.39 is 18.2 Å². The Labute approximate surface area is 99.9 Å². The molecule has 0 aliphatic rings. The van der Waals surface area contributed by atoms with Crippen molar-refractivity contribution in [3.8, 4) is 5.75 Å². The highest BCUT2D eigenvalue weighted by molar-refractivity contribution is 14.1. The Kier molecular flexibility index (Phi) is 4.07. The van der Waals surface area contributed by atoms with Crippen LogP contribution in [0.5, 0.6) is 5.75 Å². The largest absolute Gasteiger partial charge is 0.432 e. The minimum atomic E-state index is -3.00. The first-order valence-electron chi connectivity index (χ1n) is 3.10. The van der Waals surface area contributed by atoms with Crippen molar-refractivity contribution in [3.05, 3.63) is 25.1 Å². The highest BCUT2D eigenvalue weighted by atomic mass is 127. The van der Waals surface area contributed by atoms with Crippen LogP contribution in [-0.2, 0) is 0 Å². The van der Waals surface area contributed by atoms with E-state index in [0.29, 0.717) is 3.57 Å². The third kappa shape index (κ3) is 2.86. The van der Waals surface area contributed by atoms with Crippen molar-refractivity contribution in [2.45, 2.75) is 6.61 Å². The number of rotatable bonds is 2. The molecule has 1 nitrogen and oxygen atoms in total. The lowest BCUT2D eigenvalue weighted by Gasteiger charge is -2.07. The standard InChI is InChI=1S/C7H3F3I2O/c8-5-4(13-7(9)10)2-1-3(11)6(5)12/h1-2,7H. The van der Waals surface area contributed by atoms with Gasteiger partial charge in [-0.3, -0.25) is 0 Å². The van der Waals surface area contributed by atoms with Gasteiger partial charge in [0.15, 0.2) is 11.6 Å². The van der Waals surface area contributed by atoms with Crippen LogP contribution < -0.4 is 4.74 Å². The van der Waals surface area contributed by atoms with Crippen molar-refractivity contribution in [3.63, 3.8) is 0 Å². The van der Waals surface area contributed by atoms with Gasteiger partial charge in [0.1, 0.15) is 0 Å². The van der Waals surface area contributed by atoms with Gasteiger partial charge >= 0.3 is 6.61 Å². The topological polar surface area (TPSA) is 9.23 Å². The highest BCUT2D eigenvalue weighted by Crippen LogP contribution is 2.27. The average molecular weight is 414 g/mol. The summed E-state index contributed by atoms with van der Waals surface area (Å²) in [5.74, 6) is -1.16. The number of alkyl halides is 2. The van der Waals surface area contributed by atoms with Gasteiger partial charge in [0.2, 0.25) is 0 Å². The summed E-state index contributed by atoms with van der Waals surface area (Å²) in [5, 5.41) is 0. The van der Waals surface area contributed by atoms with Crippen molar-refractivity contribution in [1.29, 1.82) is 0 Å². The zero-order valence-electron chi connectivity index (χ0n) is 6.03. The van der Waals surface area contributed by atoms with Crippen LogP contribution in [-0.4, -0.2) is 6.61 Å². The number of halogens is 5. The van der Waals surface area contributed by atoms with Crippen LogP contribution in [0.3, 0.4) is 0 Å². The number of hydrogen-bond acceptors (Lipinski definition) is 1. The van der Waals surface area contributed by atoms with Crippen molar-refractivity contribution < 1.29 is 17.9 Å². The smallest absolute Gasteiger partial charge is 0.387 e.